The van der Waals surface area contributed by atoms with Gasteiger partial charge in [-0.05, 0) is 23.4 Å². The summed E-state index contributed by atoms with van der Waals surface area (Å²) in [7, 11) is 0. The number of carbonyl (C=O) groups excluding carboxylic acids is 1. The van der Waals surface area contributed by atoms with Crippen molar-refractivity contribution in [3.63, 3.8) is 0 Å². The summed E-state index contributed by atoms with van der Waals surface area (Å²) in [6.45, 7) is -0.160. The Labute approximate surface area is 111 Å². The van der Waals surface area contributed by atoms with Crippen molar-refractivity contribution < 1.29 is 13.6 Å². The summed E-state index contributed by atoms with van der Waals surface area (Å²) in [5.41, 5.74) is -0.108. The lowest BCUT2D eigenvalue weighted by Crippen LogP contribution is -2.20. The van der Waals surface area contributed by atoms with Gasteiger partial charge >= 0.3 is 0 Å². The minimum atomic E-state index is -2.71. The molecule has 0 saturated heterocycles. The number of halogens is 3. The first-order valence-corrected chi connectivity index (χ1v) is 5.52. The number of aromatic nitrogens is 4. The third-order valence-electron chi connectivity index (χ3n) is 2.19. The number of alkyl halides is 2. The van der Waals surface area contributed by atoms with Crippen LogP contribution in [0.5, 0.6) is 0 Å². The third kappa shape index (κ3) is 3.44. The number of carbonyl (C=O) groups is 1. The van der Waals surface area contributed by atoms with Gasteiger partial charge in [0, 0.05) is 16.3 Å². The molecule has 1 aromatic carbocycles. The number of amides is 1. The summed E-state index contributed by atoms with van der Waals surface area (Å²) >= 11 is 5.62. The average molecular weight is 288 g/mol. The van der Waals surface area contributed by atoms with Gasteiger partial charge in [0.25, 0.3) is 6.43 Å². The lowest BCUT2D eigenvalue weighted by Gasteiger charge is -2.08. The molecule has 0 fully saturated rings. The molecule has 2 rings (SSSR count). The predicted molar refractivity (Wildman–Crippen MR) is 62.9 cm³/mol. The quantitative estimate of drug-likeness (QED) is 0.932. The molecule has 2 aromatic rings. The fourth-order valence-electron chi connectivity index (χ4n) is 1.38. The molecule has 1 aromatic heterocycles. The van der Waals surface area contributed by atoms with E-state index in [1.165, 1.54) is 18.5 Å². The number of nitrogens with one attached hydrogen (secondary N) is 1. The summed E-state index contributed by atoms with van der Waals surface area (Å²) in [6, 6.07) is 3.85. The minimum Gasteiger partial charge on any atom is -0.324 e. The van der Waals surface area contributed by atoms with E-state index >= 15 is 0 Å². The lowest BCUT2D eigenvalue weighted by molar-refractivity contribution is -0.117. The van der Waals surface area contributed by atoms with Crippen LogP contribution < -0.4 is 5.32 Å². The van der Waals surface area contributed by atoms with E-state index in [2.05, 4.69) is 20.7 Å². The van der Waals surface area contributed by atoms with Crippen molar-refractivity contribution in [2.75, 3.05) is 5.32 Å². The van der Waals surface area contributed by atoms with Gasteiger partial charge in [0.1, 0.15) is 6.54 Å². The Kier molecular flexibility index (Phi) is 4.00. The Morgan fingerprint density at radius 1 is 1.47 bits per heavy atom. The lowest BCUT2D eigenvalue weighted by atomic mass is 10.2. The van der Waals surface area contributed by atoms with Crippen molar-refractivity contribution in [3.8, 4) is 0 Å². The van der Waals surface area contributed by atoms with Crippen molar-refractivity contribution in [1.29, 1.82) is 0 Å². The van der Waals surface area contributed by atoms with E-state index < -0.39 is 12.3 Å². The van der Waals surface area contributed by atoms with Crippen LogP contribution in [-0.2, 0) is 11.3 Å². The number of anilines is 1. The normalized spacial score (nSPS) is 10.7. The monoisotopic (exact) mass is 287 g/mol. The van der Waals surface area contributed by atoms with Crippen molar-refractivity contribution >= 4 is 23.2 Å². The second-order valence-corrected chi connectivity index (χ2v) is 3.96. The second-order valence-electron chi connectivity index (χ2n) is 3.55. The molecule has 0 spiro atoms. The number of benzene rings is 1. The average Bonchev–Trinajstić information content (AvgIpc) is 2.84. The Hall–Kier alpha value is -2.09. The van der Waals surface area contributed by atoms with Gasteiger partial charge in [0.05, 0.1) is 0 Å². The van der Waals surface area contributed by atoms with Crippen LogP contribution in [0.15, 0.2) is 24.5 Å². The van der Waals surface area contributed by atoms with E-state index in [1.807, 2.05) is 0 Å². The molecule has 1 heterocycles. The maximum Gasteiger partial charge on any atom is 0.265 e. The van der Waals surface area contributed by atoms with Crippen LogP contribution in [0.2, 0.25) is 5.02 Å². The molecule has 0 saturated carbocycles. The molecular weight excluding hydrogens is 280 g/mol. The van der Waals surface area contributed by atoms with Crippen LogP contribution in [0.4, 0.5) is 14.5 Å². The number of hydrogen-bond donors (Lipinski definition) is 1. The SMILES string of the molecule is O=C(Cn1ncnn1)Nc1ccc(Cl)c(C(F)F)c1. The number of rotatable bonds is 4. The molecule has 9 heteroatoms. The van der Waals surface area contributed by atoms with Gasteiger partial charge in [0.15, 0.2) is 6.33 Å². The van der Waals surface area contributed by atoms with E-state index in [-0.39, 0.29) is 22.8 Å². The van der Waals surface area contributed by atoms with Gasteiger partial charge < -0.3 is 5.32 Å². The summed E-state index contributed by atoms with van der Waals surface area (Å²) in [5.74, 6) is -0.458. The zero-order chi connectivity index (χ0) is 13.8. The Bertz CT molecular complexity index is 575. The maximum absolute atomic E-state index is 12.6. The topological polar surface area (TPSA) is 72.7 Å². The van der Waals surface area contributed by atoms with Crippen molar-refractivity contribution in [2.24, 2.45) is 0 Å². The highest BCUT2D eigenvalue weighted by atomic mass is 35.5. The number of nitrogens with zero attached hydrogens (tertiary/aromatic N) is 4. The van der Waals surface area contributed by atoms with E-state index in [4.69, 9.17) is 11.6 Å². The molecule has 0 aliphatic rings. The summed E-state index contributed by atoms with van der Waals surface area (Å²) in [6.07, 6.45) is -1.52. The van der Waals surface area contributed by atoms with E-state index in [1.54, 1.807) is 0 Å². The second kappa shape index (κ2) is 5.70. The van der Waals surface area contributed by atoms with Gasteiger partial charge in [-0.2, -0.15) is 4.80 Å². The predicted octanol–water partition coefficient (Wildman–Crippen LogP) is 1.90. The highest BCUT2D eigenvalue weighted by Gasteiger charge is 2.13. The molecular formula is C10H8ClF2N5O. The molecule has 100 valence electrons. The minimum absolute atomic E-state index is 0.0501. The Balaban J connectivity index is 2.06. The van der Waals surface area contributed by atoms with Crippen LogP contribution in [-0.4, -0.2) is 26.1 Å². The first-order chi connectivity index (χ1) is 9.06. The molecule has 19 heavy (non-hydrogen) atoms. The van der Waals surface area contributed by atoms with Crippen LogP contribution in [0.3, 0.4) is 0 Å². The smallest absolute Gasteiger partial charge is 0.265 e. The first kappa shape index (κ1) is 13.3. The van der Waals surface area contributed by atoms with Gasteiger partial charge in [-0.3, -0.25) is 4.79 Å². The van der Waals surface area contributed by atoms with Gasteiger partial charge in [-0.15, -0.1) is 10.2 Å². The van der Waals surface area contributed by atoms with Crippen molar-refractivity contribution in [2.45, 2.75) is 13.0 Å². The molecule has 6 nitrogen and oxygen atoms in total. The zero-order valence-electron chi connectivity index (χ0n) is 9.42. The van der Waals surface area contributed by atoms with E-state index in [0.717, 1.165) is 10.9 Å². The van der Waals surface area contributed by atoms with E-state index in [0.29, 0.717) is 0 Å². The van der Waals surface area contributed by atoms with Crippen molar-refractivity contribution in [1.82, 2.24) is 20.2 Å². The van der Waals surface area contributed by atoms with Crippen LogP contribution in [0.25, 0.3) is 0 Å². The van der Waals surface area contributed by atoms with Gasteiger partial charge in [-0.25, -0.2) is 8.78 Å². The largest absolute Gasteiger partial charge is 0.324 e. The maximum atomic E-state index is 12.6. The first-order valence-electron chi connectivity index (χ1n) is 5.14. The summed E-state index contributed by atoms with van der Waals surface area (Å²) in [4.78, 5) is 12.7. The standard InChI is InChI=1S/C10H8ClF2N5O/c11-8-2-1-6(3-7(8)10(12)13)16-9(19)4-18-15-5-14-17-18/h1-3,5,10H,4H2,(H,16,19). The highest BCUT2D eigenvalue weighted by Crippen LogP contribution is 2.29. The Morgan fingerprint density at radius 3 is 2.89 bits per heavy atom. The van der Waals surface area contributed by atoms with Gasteiger partial charge in [0.2, 0.25) is 5.91 Å². The molecule has 0 radical (unpaired) electrons. The Morgan fingerprint density at radius 2 is 2.26 bits per heavy atom. The molecule has 0 bridgehead atoms. The molecule has 1 N–H and O–H groups in total. The highest BCUT2D eigenvalue weighted by molar-refractivity contribution is 6.31. The number of hydrogen-bond acceptors (Lipinski definition) is 4. The third-order valence-corrected chi connectivity index (χ3v) is 2.54. The number of tetrazole rings is 1. The fourth-order valence-corrected chi connectivity index (χ4v) is 1.58. The summed E-state index contributed by atoms with van der Waals surface area (Å²) in [5, 5.41) is 13.0. The fraction of sp³-hybridized carbons (Fsp3) is 0.200. The van der Waals surface area contributed by atoms with Crippen molar-refractivity contribution in [3.05, 3.63) is 35.1 Å². The van der Waals surface area contributed by atoms with Crippen LogP contribution in [0.1, 0.15) is 12.0 Å². The molecule has 0 unspecified atom stereocenters. The van der Waals surface area contributed by atoms with Crippen LogP contribution >= 0.6 is 11.6 Å². The molecule has 0 aliphatic carbocycles. The van der Waals surface area contributed by atoms with Crippen LogP contribution in [0, 0.1) is 0 Å². The van der Waals surface area contributed by atoms with Gasteiger partial charge in [-0.1, -0.05) is 11.6 Å². The zero-order valence-corrected chi connectivity index (χ0v) is 10.2. The van der Waals surface area contributed by atoms with E-state index in [9.17, 15) is 13.6 Å². The molecule has 1 amide bonds. The molecule has 0 atom stereocenters. The summed E-state index contributed by atoms with van der Waals surface area (Å²) < 4.78 is 25.2. The molecule has 0 aliphatic heterocycles.